The number of rotatable bonds is 7. The lowest BCUT2D eigenvalue weighted by atomic mass is 9.96. The van der Waals surface area contributed by atoms with Gasteiger partial charge in [-0.3, -0.25) is 0 Å². The number of nitriles is 1. The lowest BCUT2D eigenvalue weighted by Gasteiger charge is -2.20. The van der Waals surface area contributed by atoms with Gasteiger partial charge in [-0.1, -0.05) is 42.5 Å². The van der Waals surface area contributed by atoms with Crippen molar-refractivity contribution in [3.05, 3.63) is 65.2 Å². The number of benzene rings is 2. The van der Waals surface area contributed by atoms with Crippen molar-refractivity contribution in [2.45, 2.75) is 25.2 Å². The number of hydrogen-bond donors (Lipinski definition) is 4. The first-order chi connectivity index (χ1) is 12.5. The molecule has 7 nitrogen and oxygen atoms in total. The minimum Gasteiger partial charge on any atom is -0.445 e. The molecule has 2 aromatic carbocycles. The van der Waals surface area contributed by atoms with Gasteiger partial charge < -0.3 is 26.0 Å². The third kappa shape index (κ3) is 5.21. The largest absolute Gasteiger partial charge is 0.445 e. The van der Waals surface area contributed by atoms with Gasteiger partial charge in [-0.15, -0.1) is 0 Å². The average Bonchev–Trinajstić information content (AvgIpc) is 2.66. The Kier molecular flexibility index (Phi) is 6.97. The topological polar surface area (TPSA) is 129 Å². The van der Waals surface area contributed by atoms with E-state index in [2.05, 4.69) is 5.32 Å². The van der Waals surface area contributed by atoms with Crippen LogP contribution in [0, 0.1) is 11.3 Å². The molecule has 2 atom stereocenters. The second kappa shape index (κ2) is 9.42. The van der Waals surface area contributed by atoms with Crippen molar-refractivity contribution in [2.24, 2.45) is 0 Å². The van der Waals surface area contributed by atoms with Crippen LogP contribution in [0.2, 0.25) is 0 Å². The van der Waals surface area contributed by atoms with Crippen LogP contribution in [0.5, 0.6) is 0 Å². The van der Waals surface area contributed by atoms with Gasteiger partial charge in [0, 0.05) is 17.8 Å². The van der Waals surface area contributed by atoms with Gasteiger partial charge in [0.15, 0.2) is 0 Å². The summed E-state index contributed by atoms with van der Waals surface area (Å²) in [6.45, 7) is 0.253. The first-order valence-corrected chi connectivity index (χ1v) is 8.12. The smallest absolute Gasteiger partial charge is 0.407 e. The molecule has 0 bridgehead atoms. The molecule has 26 heavy (non-hydrogen) atoms. The minimum absolute atomic E-state index is 0.0846. The quantitative estimate of drug-likeness (QED) is 0.561. The van der Waals surface area contributed by atoms with Crippen LogP contribution in [-0.4, -0.2) is 29.0 Å². The number of amides is 1. The molecule has 0 aliphatic rings. The first-order valence-electron chi connectivity index (χ1n) is 8.12. The highest BCUT2D eigenvalue weighted by Gasteiger charge is 2.22. The van der Waals surface area contributed by atoms with Crippen LogP contribution in [0.1, 0.15) is 29.2 Å². The molecule has 5 N–H and O–H groups in total. The van der Waals surface area contributed by atoms with Crippen molar-refractivity contribution in [1.82, 2.24) is 5.32 Å². The molecule has 0 saturated heterocycles. The number of carbonyl (C=O) groups is 1. The Labute approximate surface area is 151 Å². The lowest BCUT2D eigenvalue weighted by Crippen LogP contribution is -2.30. The maximum Gasteiger partial charge on any atom is 0.407 e. The van der Waals surface area contributed by atoms with Gasteiger partial charge in [-0.25, -0.2) is 4.79 Å². The van der Waals surface area contributed by atoms with Crippen molar-refractivity contribution in [3.63, 3.8) is 0 Å². The Morgan fingerprint density at radius 3 is 2.62 bits per heavy atom. The number of anilines is 1. The molecule has 0 spiro atoms. The van der Waals surface area contributed by atoms with E-state index >= 15 is 0 Å². The predicted octanol–water partition coefficient (Wildman–Crippen LogP) is 1.85. The van der Waals surface area contributed by atoms with Crippen LogP contribution in [0.15, 0.2) is 48.5 Å². The van der Waals surface area contributed by atoms with Crippen LogP contribution in [-0.2, 0) is 11.3 Å². The number of hydrogen-bond acceptors (Lipinski definition) is 6. The van der Waals surface area contributed by atoms with Crippen LogP contribution >= 0.6 is 0 Å². The fraction of sp³-hybridized carbons (Fsp3) is 0.263. The van der Waals surface area contributed by atoms with E-state index in [1.807, 2.05) is 36.4 Å². The third-order valence-corrected chi connectivity index (χ3v) is 3.85. The van der Waals surface area contributed by atoms with Gasteiger partial charge in [0.25, 0.3) is 0 Å². The van der Waals surface area contributed by atoms with Gasteiger partial charge in [0.1, 0.15) is 18.8 Å². The van der Waals surface area contributed by atoms with E-state index in [0.29, 0.717) is 0 Å². The van der Waals surface area contributed by atoms with E-state index in [9.17, 15) is 15.0 Å². The molecule has 0 aliphatic heterocycles. The summed E-state index contributed by atoms with van der Waals surface area (Å²) in [6.07, 6.45) is -2.98. The van der Waals surface area contributed by atoms with Gasteiger partial charge >= 0.3 is 6.09 Å². The zero-order valence-electron chi connectivity index (χ0n) is 14.1. The highest BCUT2D eigenvalue weighted by atomic mass is 16.5. The fourth-order valence-electron chi connectivity index (χ4n) is 2.43. The second-order valence-corrected chi connectivity index (χ2v) is 5.71. The van der Waals surface area contributed by atoms with Crippen LogP contribution < -0.4 is 11.1 Å². The molecule has 0 heterocycles. The molecule has 0 aliphatic carbocycles. The van der Waals surface area contributed by atoms with Crippen molar-refractivity contribution >= 4 is 11.8 Å². The number of aliphatic hydroxyl groups excluding tert-OH is 2. The zero-order chi connectivity index (χ0) is 18.9. The van der Waals surface area contributed by atoms with E-state index in [0.717, 1.165) is 5.56 Å². The lowest BCUT2D eigenvalue weighted by molar-refractivity contribution is 0.0135. The summed E-state index contributed by atoms with van der Waals surface area (Å²) in [5.41, 5.74) is 7.19. The Morgan fingerprint density at radius 1 is 1.19 bits per heavy atom. The number of nitrogen functional groups attached to an aromatic ring is 1. The maximum atomic E-state index is 11.6. The van der Waals surface area contributed by atoms with Crippen LogP contribution in [0.25, 0.3) is 0 Å². The molecular weight excluding hydrogens is 334 g/mol. The molecule has 0 aromatic heterocycles. The monoisotopic (exact) mass is 355 g/mol. The molecule has 2 unspecified atom stereocenters. The standard InChI is InChI=1S/C19H21N3O4/c20-11-15-14(7-4-8-16(15)21)18(24)17(23)9-10-22-19(25)26-12-13-5-2-1-3-6-13/h1-8,17-18,23-24H,9-10,12,21H2,(H,22,25). The fourth-order valence-corrected chi connectivity index (χ4v) is 2.43. The number of carbonyl (C=O) groups excluding carboxylic acids is 1. The average molecular weight is 355 g/mol. The third-order valence-electron chi connectivity index (χ3n) is 3.85. The van der Waals surface area contributed by atoms with Gasteiger partial charge in [-0.2, -0.15) is 5.26 Å². The molecule has 2 aromatic rings. The predicted molar refractivity (Wildman–Crippen MR) is 95.8 cm³/mol. The maximum absolute atomic E-state index is 11.6. The first kappa shape index (κ1) is 19.2. The van der Waals surface area contributed by atoms with E-state index in [4.69, 9.17) is 15.7 Å². The van der Waals surface area contributed by atoms with Gasteiger partial charge in [0.2, 0.25) is 0 Å². The van der Waals surface area contributed by atoms with Gasteiger partial charge in [0.05, 0.1) is 11.7 Å². The Balaban J connectivity index is 1.79. The summed E-state index contributed by atoms with van der Waals surface area (Å²) in [5, 5.41) is 32.0. The molecule has 2 rings (SSSR count). The number of aliphatic hydroxyl groups is 2. The molecule has 0 saturated carbocycles. The number of ether oxygens (including phenoxy) is 1. The van der Waals surface area contributed by atoms with E-state index in [1.165, 1.54) is 6.07 Å². The van der Waals surface area contributed by atoms with E-state index in [-0.39, 0.29) is 36.4 Å². The second-order valence-electron chi connectivity index (χ2n) is 5.71. The zero-order valence-corrected chi connectivity index (χ0v) is 14.1. The molecule has 1 amide bonds. The molecule has 0 fully saturated rings. The minimum atomic E-state index is -1.28. The van der Waals surface area contributed by atoms with Gasteiger partial charge in [-0.05, 0) is 18.1 Å². The SMILES string of the molecule is N#Cc1c(N)cccc1C(O)C(O)CCNC(=O)OCc1ccccc1. The Morgan fingerprint density at radius 2 is 1.92 bits per heavy atom. The van der Waals surface area contributed by atoms with Crippen molar-refractivity contribution in [1.29, 1.82) is 5.26 Å². The molecule has 7 heteroatoms. The van der Waals surface area contributed by atoms with Crippen LogP contribution in [0.3, 0.4) is 0 Å². The molecule has 0 radical (unpaired) electrons. The van der Waals surface area contributed by atoms with Crippen molar-refractivity contribution in [3.8, 4) is 6.07 Å². The van der Waals surface area contributed by atoms with E-state index in [1.54, 1.807) is 12.1 Å². The number of nitrogens with one attached hydrogen (secondary N) is 1. The van der Waals surface area contributed by atoms with E-state index < -0.39 is 18.3 Å². The summed E-state index contributed by atoms with van der Waals surface area (Å²) >= 11 is 0. The number of alkyl carbamates (subject to hydrolysis) is 1. The normalized spacial score (nSPS) is 12.7. The molecular formula is C19H21N3O4. The number of nitrogens with zero attached hydrogens (tertiary/aromatic N) is 1. The molecule has 136 valence electrons. The number of nitrogens with two attached hydrogens (primary N) is 1. The Bertz CT molecular complexity index is 774. The summed E-state index contributed by atoms with van der Waals surface area (Å²) in [5.74, 6) is 0. The summed E-state index contributed by atoms with van der Waals surface area (Å²) < 4.78 is 5.05. The Hall–Kier alpha value is -3.08. The van der Waals surface area contributed by atoms with Crippen LogP contribution in [0.4, 0.5) is 10.5 Å². The highest BCUT2D eigenvalue weighted by Crippen LogP contribution is 2.25. The van der Waals surface area contributed by atoms with Crippen molar-refractivity contribution < 1.29 is 19.7 Å². The summed E-state index contributed by atoms with van der Waals surface area (Å²) in [4.78, 5) is 11.6. The van der Waals surface area contributed by atoms with Crippen molar-refractivity contribution in [2.75, 3.05) is 12.3 Å². The highest BCUT2D eigenvalue weighted by molar-refractivity contribution is 5.67. The summed E-state index contributed by atoms with van der Waals surface area (Å²) in [6, 6.07) is 15.8. The summed E-state index contributed by atoms with van der Waals surface area (Å²) in [7, 11) is 0.